The molecule has 0 atom stereocenters. The molecule has 0 aliphatic heterocycles. The Morgan fingerprint density at radius 1 is 0.266 bits per heavy atom. The van der Waals surface area contributed by atoms with E-state index in [1.165, 1.54) is 118 Å². The van der Waals surface area contributed by atoms with Crippen molar-refractivity contribution in [3.8, 4) is 22.3 Å². The van der Waals surface area contributed by atoms with Crippen LogP contribution in [0.5, 0.6) is 0 Å². The molecule has 9 aromatic carbocycles. The van der Waals surface area contributed by atoms with Gasteiger partial charge in [0.2, 0.25) is 0 Å². The first-order chi connectivity index (χ1) is 31.7. The van der Waals surface area contributed by atoms with Crippen LogP contribution >= 0.6 is 0 Å². The van der Waals surface area contributed by atoms with Gasteiger partial charge in [-0.2, -0.15) is 0 Å². The number of unbranched alkanes of at least 4 members (excludes halogenated alkanes) is 6. The van der Waals surface area contributed by atoms with Crippen LogP contribution in [0.4, 0.5) is 34.1 Å². The highest BCUT2D eigenvalue weighted by Crippen LogP contribution is 2.51. The third-order valence-electron chi connectivity index (χ3n) is 12.8. The lowest BCUT2D eigenvalue weighted by Gasteiger charge is -2.33. The van der Waals surface area contributed by atoms with Gasteiger partial charge in [0.1, 0.15) is 0 Å². The predicted molar refractivity (Wildman–Crippen MR) is 277 cm³/mol. The molecule has 318 valence electrons. The average Bonchev–Trinajstić information content (AvgIpc) is 3.36. The molecule has 0 radical (unpaired) electrons. The van der Waals surface area contributed by atoms with E-state index in [2.05, 4.69) is 230 Å². The van der Waals surface area contributed by atoms with Gasteiger partial charge in [0.15, 0.2) is 0 Å². The summed E-state index contributed by atoms with van der Waals surface area (Å²) in [5, 5.41) is 4.80. The van der Waals surface area contributed by atoms with E-state index >= 15 is 0 Å². The first-order valence-electron chi connectivity index (χ1n) is 23.7. The molecule has 9 rings (SSSR count). The van der Waals surface area contributed by atoms with Crippen LogP contribution in [0.3, 0.4) is 0 Å². The normalized spacial score (nSPS) is 11.3. The Balaban J connectivity index is 1.23. The molecule has 2 heteroatoms. The standard InChI is InChI=1S/C62H60N2/c1-3-5-7-11-21-47-31-39-53(40-32-47)63(55-43-35-51(36-44-55)49-23-13-9-14-24-49)61-57-27-17-19-29-59(57)62(60-30-20-18-28-58(60)61)64(54-41-33-48(34-42-54)22-12-8-6-4-2)56-45-37-52(38-46-56)50-25-15-10-16-26-50/h9-10,13-20,23-46H,3-8,11-12,21-22H2,1-2H3. The van der Waals surface area contributed by atoms with Crippen LogP contribution in [0, 0.1) is 0 Å². The lowest BCUT2D eigenvalue weighted by atomic mass is 9.94. The number of fused-ring (bicyclic) bond motifs is 2. The van der Waals surface area contributed by atoms with E-state index < -0.39 is 0 Å². The van der Waals surface area contributed by atoms with E-state index in [9.17, 15) is 0 Å². The summed E-state index contributed by atoms with van der Waals surface area (Å²) >= 11 is 0. The van der Waals surface area contributed by atoms with Crippen molar-refractivity contribution in [3.05, 3.63) is 217 Å². The van der Waals surface area contributed by atoms with E-state index in [1.807, 2.05) is 0 Å². The van der Waals surface area contributed by atoms with Crippen molar-refractivity contribution < 1.29 is 0 Å². The van der Waals surface area contributed by atoms with Crippen molar-refractivity contribution in [3.63, 3.8) is 0 Å². The van der Waals surface area contributed by atoms with Crippen LogP contribution in [0.1, 0.15) is 76.3 Å². The first-order valence-corrected chi connectivity index (χ1v) is 23.7. The Morgan fingerprint density at radius 3 is 0.859 bits per heavy atom. The van der Waals surface area contributed by atoms with E-state index in [4.69, 9.17) is 0 Å². The van der Waals surface area contributed by atoms with Gasteiger partial charge in [0, 0.05) is 44.3 Å². The Hall–Kier alpha value is -6.90. The fraction of sp³-hybridized carbons (Fsp3) is 0.194. The lowest BCUT2D eigenvalue weighted by molar-refractivity contribution is 0.667. The number of nitrogens with zero attached hydrogens (tertiary/aromatic N) is 2. The third kappa shape index (κ3) is 9.38. The van der Waals surface area contributed by atoms with E-state index in [0.29, 0.717) is 0 Å². The summed E-state index contributed by atoms with van der Waals surface area (Å²) in [6.45, 7) is 4.56. The molecule has 0 spiro atoms. The maximum Gasteiger partial charge on any atom is 0.0619 e. The van der Waals surface area contributed by atoms with Gasteiger partial charge in [-0.05, 0) is 108 Å². The number of hydrogen-bond acceptors (Lipinski definition) is 2. The summed E-state index contributed by atoms with van der Waals surface area (Å²) in [5.41, 5.74) is 14.5. The molecule has 0 N–H and O–H groups in total. The molecule has 0 saturated heterocycles. The SMILES string of the molecule is CCCCCCc1ccc(N(c2ccc(-c3ccccc3)cc2)c2c3ccccc3c(N(c3ccc(CCCCCC)cc3)c3ccc(-c4ccccc4)cc3)c3ccccc23)cc1. The number of hydrogen-bond donors (Lipinski definition) is 0. The second kappa shape index (κ2) is 20.5. The van der Waals surface area contributed by atoms with E-state index in [0.717, 1.165) is 35.6 Å². The summed E-state index contributed by atoms with van der Waals surface area (Å²) in [6, 6.07) is 76.5. The summed E-state index contributed by atoms with van der Waals surface area (Å²) in [5.74, 6) is 0. The van der Waals surface area contributed by atoms with Crippen LogP contribution < -0.4 is 9.80 Å². The van der Waals surface area contributed by atoms with E-state index in [-0.39, 0.29) is 0 Å². The quantitative estimate of drug-likeness (QED) is 0.0483. The zero-order valence-electron chi connectivity index (χ0n) is 37.6. The molecule has 0 aliphatic carbocycles. The van der Waals surface area contributed by atoms with Gasteiger partial charge in [0.05, 0.1) is 11.4 Å². The summed E-state index contributed by atoms with van der Waals surface area (Å²) in [6.07, 6.45) is 12.3. The van der Waals surface area contributed by atoms with Gasteiger partial charge in [-0.25, -0.2) is 0 Å². The molecule has 0 aromatic heterocycles. The number of rotatable bonds is 18. The number of aryl methyl sites for hydroxylation is 2. The largest absolute Gasteiger partial charge is 0.309 e. The molecular formula is C62H60N2. The van der Waals surface area contributed by atoms with Crippen molar-refractivity contribution in [1.29, 1.82) is 0 Å². The van der Waals surface area contributed by atoms with Gasteiger partial charge in [-0.15, -0.1) is 0 Å². The fourth-order valence-corrected chi connectivity index (χ4v) is 9.38. The molecular weight excluding hydrogens is 773 g/mol. The van der Waals surface area contributed by atoms with Gasteiger partial charge in [0.25, 0.3) is 0 Å². The Bertz CT molecular complexity index is 2610. The zero-order valence-corrected chi connectivity index (χ0v) is 37.6. The van der Waals surface area contributed by atoms with Crippen LogP contribution in [0.25, 0.3) is 43.8 Å². The molecule has 0 aliphatic rings. The molecule has 9 aromatic rings. The van der Waals surface area contributed by atoms with Gasteiger partial charge in [-0.3, -0.25) is 0 Å². The van der Waals surface area contributed by atoms with Crippen molar-refractivity contribution in [2.75, 3.05) is 9.80 Å². The monoisotopic (exact) mass is 832 g/mol. The van der Waals surface area contributed by atoms with Crippen molar-refractivity contribution >= 4 is 55.7 Å². The molecule has 0 amide bonds. The molecule has 64 heavy (non-hydrogen) atoms. The highest BCUT2D eigenvalue weighted by atomic mass is 15.2. The van der Waals surface area contributed by atoms with Gasteiger partial charge < -0.3 is 9.80 Å². The molecule has 0 heterocycles. The molecule has 2 nitrogen and oxygen atoms in total. The fourth-order valence-electron chi connectivity index (χ4n) is 9.38. The van der Waals surface area contributed by atoms with Crippen molar-refractivity contribution in [2.45, 2.75) is 78.1 Å². The predicted octanol–water partition coefficient (Wildman–Crippen LogP) is 18.5. The average molecular weight is 833 g/mol. The van der Waals surface area contributed by atoms with Crippen LogP contribution in [-0.4, -0.2) is 0 Å². The van der Waals surface area contributed by atoms with E-state index in [1.54, 1.807) is 0 Å². The van der Waals surface area contributed by atoms with Crippen LogP contribution in [0.15, 0.2) is 206 Å². The summed E-state index contributed by atoms with van der Waals surface area (Å²) in [4.78, 5) is 4.99. The molecule has 0 saturated carbocycles. The minimum atomic E-state index is 1.11. The Kier molecular flexibility index (Phi) is 13.6. The van der Waals surface area contributed by atoms with Crippen LogP contribution in [-0.2, 0) is 12.8 Å². The second-order valence-electron chi connectivity index (χ2n) is 17.2. The molecule has 0 bridgehead atoms. The lowest BCUT2D eigenvalue weighted by Crippen LogP contribution is -2.14. The Labute approximate surface area is 381 Å². The minimum absolute atomic E-state index is 1.11. The summed E-state index contributed by atoms with van der Waals surface area (Å²) < 4.78 is 0. The van der Waals surface area contributed by atoms with Gasteiger partial charge in [-0.1, -0.05) is 210 Å². The number of anilines is 6. The second-order valence-corrected chi connectivity index (χ2v) is 17.2. The third-order valence-corrected chi connectivity index (χ3v) is 12.8. The highest BCUT2D eigenvalue weighted by Gasteiger charge is 2.25. The zero-order chi connectivity index (χ0) is 43.5. The Morgan fingerprint density at radius 2 is 0.547 bits per heavy atom. The topological polar surface area (TPSA) is 6.48 Å². The van der Waals surface area contributed by atoms with Crippen molar-refractivity contribution in [2.24, 2.45) is 0 Å². The highest BCUT2D eigenvalue weighted by molar-refractivity contribution is 6.23. The summed E-state index contributed by atoms with van der Waals surface area (Å²) in [7, 11) is 0. The smallest absolute Gasteiger partial charge is 0.0619 e. The maximum atomic E-state index is 2.50. The number of benzene rings is 9. The molecule has 0 fully saturated rings. The molecule has 0 unspecified atom stereocenters. The minimum Gasteiger partial charge on any atom is -0.309 e. The maximum absolute atomic E-state index is 2.50. The van der Waals surface area contributed by atoms with Crippen molar-refractivity contribution in [1.82, 2.24) is 0 Å². The van der Waals surface area contributed by atoms with Crippen LogP contribution in [0.2, 0.25) is 0 Å². The first kappa shape index (κ1) is 42.4. The van der Waals surface area contributed by atoms with Gasteiger partial charge >= 0.3 is 0 Å².